The van der Waals surface area contributed by atoms with Crippen LogP contribution in [-0.4, -0.2) is 41.1 Å². The van der Waals surface area contributed by atoms with Crippen LogP contribution in [0.2, 0.25) is 0 Å². The van der Waals surface area contributed by atoms with Crippen LogP contribution < -0.4 is 10.9 Å². The van der Waals surface area contributed by atoms with Crippen molar-refractivity contribution < 1.29 is 14.4 Å². The summed E-state index contributed by atoms with van der Waals surface area (Å²) in [6.07, 6.45) is 1.68. The summed E-state index contributed by atoms with van der Waals surface area (Å²) >= 11 is 0. The number of amides is 2. The molecule has 0 aliphatic heterocycles. The number of carbonyl (C=O) groups excluding carboxylic acids is 3. The lowest BCUT2D eigenvalue weighted by Crippen LogP contribution is -2.39. The molecule has 1 aliphatic carbocycles. The molecule has 3 rings (SSSR count). The van der Waals surface area contributed by atoms with Crippen LogP contribution in [0.5, 0.6) is 0 Å². The molecule has 0 radical (unpaired) electrons. The van der Waals surface area contributed by atoms with E-state index in [0.717, 1.165) is 12.0 Å². The van der Waals surface area contributed by atoms with Gasteiger partial charge >= 0.3 is 0 Å². The summed E-state index contributed by atoms with van der Waals surface area (Å²) in [6.45, 7) is 5.71. The number of likely N-dealkylation sites (N-methyl/N-ethyl adjacent to an activating group) is 1. The summed E-state index contributed by atoms with van der Waals surface area (Å²) in [6, 6.07) is 8.83. The number of hydrogen-bond donors (Lipinski definition) is 2. The summed E-state index contributed by atoms with van der Waals surface area (Å²) < 4.78 is 0. The molecule has 0 unspecified atom stereocenters. The van der Waals surface area contributed by atoms with Crippen LogP contribution in [0.15, 0.2) is 35.1 Å². The van der Waals surface area contributed by atoms with Gasteiger partial charge < -0.3 is 15.2 Å². The van der Waals surface area contributed by atoms with Gasteiger partial charge in [-0.1, -0.05) is 39.0 Å². The SMILES string of the molecule is CCc1ccccc1NC(=O)CN(C)C(=O)c1cc2c([nH]c1=O)CC(C)(C)CC2=O. The molecule has 1 heterocycles. The highest BCUT2D eigenvalue weighted by atomic mass is 16.2. The van der Waals surface area contributed by atoms with Gasteiger partial charge in [-0.2, -0.15) is 0 Å². The number of aromatic nitrogens is 1. The molecule has 2 aromatic rings. The number of carbonyl (C=O) groups is 3. The van der Waals surface area contributed by atoms with Crippen molar-refractivity contribution >= 4 is 23.3 Å². The summed E-state index contributed by atoms with van der Waals surface area (Å²) in [5.74, 6) is -1.06. The number of aromatic amines is 1. The fraction of sp³-hybridized carbons (Fsp3) is 0.391. The average Bonchev–Trinajstić information content (AvgIpc) is 2.66. The molecule has 7 heteroatoms. The van der Waals surface area contributed by atoms with Gasteiger partial charge in [0, 0.05) is 30.4 Å². The monoisotopic (exact) mass is 409 g/mol. The second kappa shape index (κ2) is 8.26. The zero-order chi connectivity index (χ0) is 22.1. The first kappa shape index (κ1) is 21.5. The molecule has 2 amide bonds. The van der Waals surface area contributed by atoms with Gasteiger partial charge in [-0.05, 0) is 36.0 Å². The van der Waals surface area contributed by atoms with E-state index < -0.39 is 11.5 Å². The van der Waals surface area contributed by atoms with Gasteiger partial charge in [0.15, 0.2) is 5.78 Å². The Hall–Kier alpha value is -3.22. The van der Waals surface area contributed by atoms with Crippen molar-refractivity contribution in [2.45, 2.75) is 40.0 Å². The molecule has 0 saturated carbocycles. The molecule has 7 nitrogen and oxygen atoms in total. The maximum atomic E-state index is 12.8. The van der Waals surface area contributed by atoms with Crippen LogP contribution in [0.25, 0.3) is 0 Å². The molecule has 0 saturated heterocycles. The minimum absolute atomic E-state index is 0.0943. The first-order chi connectivity index (χ1) is 14.1. The fourth-order valence-corrected chi connectivity index (χ4v) is 3.82. The number of nitrogens with one attached hydrogen (secondary N) is 2. The van der Waals surface area contributed by atoms with Gasteiger partial charge in [0.25, 0.3) is 11.5 Å². The average molecular weight is 409 g/mol. The van der Waals surface area contributed by atoms with Crippen LogP contribution in [0, 0.1) is 5.41 Å². The van der Waals surface area contributed by atoms with Crippen molar-refractivity contribution in [2.24, 2.45) is 5.41 Å². The number of pyridine rings is 1. The molecule has 1 aromatic heterocycles. The van der Waals surface area contributed by atoms with Crippen molar-refractivity contribution in [1.82, 2.24) is 9.88 Å². The summed E-state index contributed by atoms with van der Waals surface area (Å²) in [4.78, 5) is 54.1. The number of fused-ring (bicyclic) bond motifs is 1. The second-order valence-corrected chi connectivity index (χ2v) is 8.57. The summed E-state index contributed by atoms with van der Waals surface area (Å²) in [7, 11) is 1.46. The Morgan fingerprint density at radius 1 is 1.17 bits per heavy atom. The Morgan fingerprint density at radius 2 is 1.87 bits per heavy atom. The lowest BCUT2D eigenvalue weighted by molar-refractivity contribution is -0.116. The third kappa shape index (κ3) is 4.50. The van der Waals surface area contributed by atoms with Crippen LogP contribution in [0.4, 0.5) is 5.69 Å². The fourth-order valence-electron chi connectivity index (χ4n) is 3.82. The van der Waals surface area contributed by atoms with Crippen LogP contribution in [0.1, 0.15) is 59.2 Å². The molecule has 2 N–H and O–H groups in total. The molecule has 0 spiro atoms. The number of para-hydroxylation sites is 1. The predicted octanol–water partition coefficient (Wildman–Crippen LogP) is 2.80. The zero-order valence-electron chi connectivity index (χ0n) is 17.8. The van der Waals surface area contributed by atoms with E-state index in [1.807, 2.05) is 39.0 Å². The van der Waals surface area contributed by atoms with Gasteiger partial charge in [-0.3, -0.25) is 19.2 Å². The van der Waals surface area contributed by atoms with Crippen molar-refractivity contribution in [1.29, 1.82) is 0 Å². The van der Waals surface area contributed by atoms with Crippen molar-refractivity contribution in [3.05, 3.63) is 63.1 Å². The van der Waals surface area contributed by atoms with Gasteiger partial charge in [0.2, 0.25) is 5.91 Å². The molecule has 158 valence electrons. The van der Waals surface area contributed by atoms with Crippen molar-refractivity contribution in [3.63, 3.8) is 0 Å². The Labute approximate surface area is 175 Å². The minimum atomic E-state index is -0.601. The standard InChI is InChI=1S/C23H27N3O4/c1-5-14-8-6-7-9-17(14)24-20(28)13-26(4)22(30)16-10-15-18(25-21(16)29)11-23(2,3)12-19(15)27/h6-10H,5,11-13H2,1-4H3,(H,24,28)(H,25,29). The Kier molecular flexibility index (Phi) is 5.92. The Bertz CT molecular complexity index is 1070. The molecule has 0 fully saturated rings. The number of aryl methyl sites for hydroxylation is 1. The van der Waals surface area contributed by atoms with Crippen molar-refractivity contribution in [3.8, 4) is 0 Å². The van der Waals surface area contributed by atoms with E-state index in [1.165, 1.54) is 18.0 Å². The number of rotatable bonds is 5. The lowest BCUT2D eigenvalue weighted by Gasteiger charge is -2.30. The number of anilines is 1. The maximum Gasteiger partial charge on any atom is 0.261 e. The van der Waals surface area contributed by atoms with Gasteiger partial charge in [0.05, 0.1) is 6.54 Å². The van der Waals surface area contributed by atoms with Crippen LogP contribution in [0.3, 0.4) is 0 Å². The van der Waals surface area contributed by atoms with E-state index >= 15 is 0 Å². The number of ketones is 1. The lowest BCUT2D eigenvalue weighted by atomic mass is 9.75. The molecule has 0 atom stereocenters. The van der Waals surface area contributed by atoms with Gasteiger partial charge in [0.1, 0.15) is 5.56 Å². The number of nitrogens with zero attached hydrogens (tertiary/aromatic N) is 1. The van der Waals surface area contributed by atoms with E-state index in [4.69, 9.17) is 0 Å². The van der Waals surface area contributed by atoms with E-state index in [-0.39, 0.29) is 29.2 Å². The maximum absolute atomic E-state index is 12.8. The number of H-pyrrole nitrogens is 1. The molecule has 1 aromatic carbocycles. The predicted molar refractivity (Wildman–Crippen MR) is 115 cm³/mol. The van der Waals surface area contributed by atoms with Crippen LogP contribution in [-0.2, 0) is 17.6 Å². The zero-order valence-corrected chi connectivity index (χ0v) is 17.8. The third-order valence-corrected chi connectivity index (χ3v) is 5.35. The summed E-state index contributed by atoms with van der Waals surface area (Å²) in [5, 5.41) is 2.81. The van der Waals surface area contributed by atoms with E-state index in [1.54, 1.807) is 6.07 Å². The Balaban J connectivity index is 1.76. The van der Waals surface area contributed by atoms with E-state index in [9.17, 15) is 19.2 Å². The largest absolute Gasteiger partial charge is 0.332 e. The highest BCUT2D eigenvalue weighted by Gasteiger charge is 2.33. The molecule has 30 heavy (non-hydrogen) atoms. The normalized spacial score (nSPS) is 14.7. The molecular weight excluding hydrogens is 382 g/mol. The third-order valence-electron chi connectivity index (χ3n) is 5.35. The van der Waals surface area contributed by atoms with Crippen LogP contribution >= 0.6 is 0 Å². The topological polar surface area (TPSA) is 99.3 Å². The second-order valence-electron chi connectivity index (χ2n) is 8.57. The molecule has 1 aliphatic rings. The Morgan fingerprint density at radius 3 is 2.57 bits per heavy atom. The minimum Gasteiger partial charge on any atom is -0.332 e. The number of hydrogen-bond acceptors (Lipinski definition) is 4. The molecular formula is C23H27N3O4. The molecule has 0 bridgehead atoms. The first-order valence-corrected chi connectivity index (χ1v) is 10.0. The quantitative estimate of drug-likeness (QED) is 0.793. The smallest absolute Gasteiger partial charge is 0.261 e. The van der Waals surface area contributed by atoms with E-state index in [0.29, 0.717) is 29.8 Å². The van der Waals surface area contributed by atoms with Gasteiger partial charge in [-0.25, -0.2) is 0 Å². The number of Topliss-reactive ketones (excluding diaryl/α,β-unsaturated/α-hetero) is 1. The highest BCUT2D eigenvalue weighted by Crippen LogP contribution is 2.33. The number of benzene rings is 1. The summed E-state index contributed by atoms with van der Waals surface area (Å²) in [5.41, 5.74) is 1.72. The van der Waals surface area contributed by atoms with Gasteiger partial charge in [-0.15, -0.1) is 0 Å². The van der Waals surface area contributed by atoms with Crippen molar-refractivity contribution in [2.75, 3.05) is 18.9 Å². The highest BCUT2D eigenvalue weighted by molar-refractivity contribution is 6.03. The first-order valence-electron chi connectivity index (χ1n) is 10.0. The van der Waals surface area contributed by atoms with E-state index in [2.05, 4.69) is 10.3 Å².